The summed E-state index contributed by atoms with van der Waals surface area (Å²) in [6.45, 7) is 0.803. The van der Waals surface area contributed by atoms with E-state index < -0.39 is 40.2 Å². The van der Waals surface area contributed by atoms with E-state index in [4.69, 9.17) is 11.6 Å². The lowest BCUT2D eigenvalue weighted by Gasteiger charge is -2.33. The van der Waals surface area contributed by atoms with Crippen LogP contribution < -0.4 is 9.62 Å². The average molecular weight is 542 g/mol. The van der Waals surface area contributed by atoms with Crippen LogP contribution in [0.2, 0.25) is 5.02 Å². The molecular weight excluding hydrogens is 512 g/mol. The smallest absolute Gasteiger partial charge is 0.244 e. The molecule has 1 fully saturated rings. The van der Waals surface area contributed by atoms with Gasteiger partial charge in [-0.1, -0.05) is 49.1 Å². The van der Waals surface area contributed by atoms with Gasteiger partial charge in [-0.2, -0.15) is 0 Å². The summed E-state index contributed by atoms with van der Waals surface area (Å²) >= 11 is 6.30. The molecule has 0 spiro atoms. The van der Waals surface area contributed by atoms with Crippen molar-refractivity contribution in [1.29, 1.82) is 0 Å². The SMILES string of the molecule is CC(C(=O)NC1CCCCC1)N(Cc1ccccc1Cl)C(=O)CN(c1ccc(F)c(F)c1)S(C)(=O)=O. The standard InChI is InChI=1S/C25H30ClF2N3O4S/c1-17(25(33)29-19-9-4-3-5-10-19)30(15-18-8-6-7-11-21(18)26)24(32)16-31(36(2,34)35)20-12-13-22(27)23(28)14-20/h6-8,11-14,17,19H,3-5,9-10,15-16H2,1-2H3,(H,29,33). The maximum Gasteiger partial charge on any atom is 0.244 e. The second-order valence-corrected chi connectivity index (χ2v) is 11.3. The van der Waals surface area contributed by atoms with E-state index in [0.717, 1.165) is 50.5 Å². The predicted octanol–water partition coefficient (Wildman–Crippen LogP) is 4.25. The van der Waals surface area contributed by atoms with E-state index in [9.17, 15) is 26.8 Å². The van der Waals surface area contributed by atoms with Gasteiger partial charge in [-0.15, -0.1) is 0 Å². The number of nitrogens with one attached hydrogen (secondary N) is 1. The van der Waals surface area contributed by atoms with Gasteiger partial charge in [0.05, 0.1) is 11.9 Å². The van der Waals surface area contributed by atoms with Crippen LogP contribution in [0.25, 0.3) is 0 Å². The molecule has 7 nitrogen and oxygen atoms in total. The van der Waals surface area contributed by atoms with Crippen LogP contribution in [-0.2, 0) is 26.2 Å². The quantitative estimate of drug-likeness (QED) is 0.514. The molecule has 1 saturated carbocycles. The fourth-order valence-electron chi connectivity index (χ4n) is 4.22. The Morgan fingerprint density at radius 1 is 1.08 bits per heavy atom. The Bertz CT molecular complexity index is 1210. The fourth-order valence-corrected chi connectivity index (χ4v) is 5.25. The van der Waals surface area contributed by atoms with Crippen molar-refractivity contribution in [2.75, 3.05) is 17.1 Å². The first-order valence-corrected chi connectivity index (χ1v) is 14.0. The molecule has 1 unspecified atom stereocenters. The van der Waals surface area contributed by atoms with E-state index in [0.29, 0.717) is 21.0 Å². The van der Waals surface area contributed by atoms with Gasteiger partial charge in [0.15, 0.2) is 11.6 Å². The Morgan fingerprint density at radius 3 is 2.36 bits per heavy atom. The molecule has 1 aliphatic carbocycles. The van der Waals surface area contributed by atoms with Gasteiger partial charge in [-0.25, -0.2) is 17.2 Å². The lowest BCUT2D eigenvalue weighted by molar-refractivity contribution is -0.139. The number of hydrogen-bond donors (Lipinski definition) is 1. The topological polar surface area (TPSA) is 86.8 Å². The minimum absolute atomic E-state index is 0.0145. The molecule has 2 aromatic rings. The molecule has 0 bridgehead atoms. The van der Waals surface area contributed by atoms with E-state index >= 15 is 0 Å². The first kappa shape index (κ1) is 27.9. The van der Waals surface area contributed by atoms with Gasteiger partial charge < -0.3 is 10.2 Å². The summed E-state index contributed by atoms with van der Waals surface area (Å²) in [7, 11) is -4.06. The number of benzene rings is 2. The van der Waals surface area contributed by atoms with Crippen molar-refractivity contribution >= 4 is 39.1 Å². The van der Waals surface area contributed by atoms with Crippen molar-refractivity contribution in [2.45, 2.75) is 57.7 Å². The fraction of sp³-hybridized carbons (Fsp3) is 0.440. The number of nitrogens with zero attached hydrogens (tertiary/aromatic N) is 2. The summed E-state index contributed by atoms with van der Waals surface area (Å²) in [5.74, 6) is -3.45. The molecule has 11 heteroatoms. The molecule has 2 aromatic carbocycles. The van der Waals surface area contributed by atoms with Crippen LogP contribution in [0.5, 0.6) is 0 Å². The highest BCUT2D eigenvalue weighted by atomic mass is 35.5. The number of sulfonamides is 1. The highest BCUT2D eigenvalue weighted by Crippen LogP contribution is 2.23. The summed E-state index contributed by atoms with van der Waals surface area (Å²) in [4.78, 5) is 27.9. The summed E-state index contributed by atoms with van der Waals surface area (Å²) in [6.07, 6.45) is 5.71. The Morgan fingerprint density at radius 2 is 1.75 bits per heavy atom. The van der Waals surface area contributed by atoms with Gasteiger partial charge in [0.1, 0.15) is 12.6 Å². The lowest BCUT2D eigenvalue weighted by atomic mass is 9.95. The van der Waals surface area contributed by atoms with E-state index in [1.165, 1.54) is 4.90 Å². The van der Waals surface area contributed by atoms with E-state index in [1.54, 1.807) is 31.2 Å². The number of amides is 2. The molecular formula is C25H30ClF2N3O4S. The van der Waals surface area contributed by atoms with Gasteiger partial charge in [0, 0.05) is 23.7 Å². The van der Waals surface area contributed by atoms with Crippen LogP contribution in [0, 0.1) is 11.6 Å². The Hall–Kier alpha value is -2.72. The van der Waals surface area contributed by atoms with Crippen LogP contribution in [0.3, 0.4) is 0 Å². The van der Waals surface area contributed by atoms with Crippen molar-refractivity contribution < 1.29 is 26.8 Å². The van der Waals surface area contributed by atoms with Crippen molar-refractivity contribution in [2.24, 2.45) is 0 Å². The molecule has 0 aliphatic heterocycles. The first-order valence-electron chi connectivity index (χ1n) is 11.7. The molecule has 0 aromatic heterocycles. The molecule has 0 radical (unpaired) electrons. The Kier molecular flexibility index (Phi) is 9.30. The van der Waals surface area contributed by atoms with Crippen LogP contribution >= 0.6 is 11.6 Å². The molecule has 36 heavy (non-hydrogen) atoms. The van der Waals surface area contributed by atoms with Crippen molar-refractivity contribution in [3.8, 4) is 0 Å². The maximum atomic E-state index is 13.9. The minimum atomic E-state index is -4.06. The second-order valence-electron chi connectivity index (χ2n) is 9.00. The third-order valence-electron chi connectivity index (χ3n) is 6.29. The third kappa shape index (κ3) is 7.16. The van der Waals surface area contributed by atoms with Gasteiger partial charge in [-0.05, 0) is 43.5 Å². The highest BCUT2D eigenvalue weighted by molar-refractivity contribution is 7.92. The summed E-state index contributed by atoms with van der Waals surface area (Å²) in [5, 5.41) is 3.38. The largest absolute Gasteiger partial charge is 0.352 e. The predicted molar refractivity (Wildman–Crippen MR) is 135 cm³/mol. The Balaban J connectivity index is 1.89. The van der Waals surface area contributed by atoms with Crippen molar-refractivity contribution in [1.82, 2.24) is 10.2 Å². The molecule has 2 amide bonds. The molecule has 3 rings (SSSR count). The minimum Gasteiger partial charge on any atom is -0.352 e. The highest BCUT2D eigenvalue weighted by Gasteiger charge is 2.31. The molecule has 1 N–H and O–H groups in total. The van der Waals surface area contributed by atoms with Gasteiger partial charge in [-0.3, -0.25) is 13.9 Å². The van der Waals surface area contributed by atoms with Gasteiger partial charge >= 0.3 is 0 Å². The van der Waals surface area contributed by atoms with Gasteiger partial charge in [0.25, 0.3) is 0 Å². The molecule has 0 saturated heterocycles. The van der Waals surface area contributed by atoms with Crippen molar-refractivity contribution in [3.05, 3.63) is 64.7 Å². The second kappa shape index (κ2) is 12.0. The number of anilines is 1. The van der Waals surface area contributed by atoms with Crippen LogP contribution in [0.1, 0.15) is 44.6 Å². The zero-order valence-electron chi connectivity index (χ0n) is 20.2. The summed E-state index contributed by atoms with van der Waals surface area (Å²) in [6, 6.07) is 8.46. The van der Waals surface area contributed by atoms with E-state index in [2.05, 4.69) is 5.32 Å². The first-order chi connectivity index (χ1) is 17.0. The molecule has 196 valence electrons. The Labute approximate surface area is 215 Å². The maximum absolute atomic E-state index is 13.9. The lowest BCUT2D eigenvalue weighted by Crippen LogP contribution is -2.53. The number of rotatable bonds is 9. The molecule has 0 heterocycles. The van der Waals surface area contributed by atoms with Crippen LogP contribution in [-0.4, -0.2) is 50.0 Å². The monoisotopic (exact) mass is 541 g/mol. The van der Waals surface area contributed by atoms with E-state index in [1.807, 2.05) is 0 Å². The van der Waals surface area contributed by atoms with Crippen LogP contribution in [0.4, 0.5) is 14.5 Å². The number of carbonyl (C=O) groups excluding carboxylic acids is 2. The van der Waals surface area contributed by atoms with Crippen LogP contribution in [0.15, 0.2) is 42.5 Å². The number of halogens is 3. The normalized spacial score (nSPS) is 15.2. The van der Waals surface area contributed by atoms with Crippen molar-refractivity contribution in [3.63, 3.8) is 0 Å². The van der Waals surface area contributed by atoms with Gasteiger partial charge in [0.2, 0.25) is 21.8 Å². The molecule has 1 aliphatic rings. The average Bonchev–Trinajstić information content (AvgIpc) is 2.83. The molecule has 1 atom stereocenters. The zero-order valence-corrected chi connectivity index (χ0v) is 21.8. The third-order valence-corrected chi connectivity index (χ3v) is 7.80. The number of hydrogen-bond acceptors (Lipinski definition) is 4. The summed E-state index contributed by atoms with van der Waals surface area (Å²) < 4.78 is 53.0. The zero-order chi connectivity index (χ0) is 26.5. The van der Waals surface area contributed by atoms with E-state index in [-0.39, 0.29) is 24.2 Å². The summed E-state index contributed by atoms with van der Waals surface area (Å²) in [5.41, 5.74) is 0.366. The number of carbonyl (C=O) groups is 2.